The van der Waals surface area contributed by atoms with Gasteiger partial charge in [0, 0.05) is 5.56 Å². The first-order chi connectivity index (χ1) is 5.95. The Morgan fingerprint density at radius 1 is 1.23 bits per heavy atom. The minimum atomic E-state index is -1.30. The first-order valence-corrected chi connectivity index (χ1v) is 3.60. The van der Waals surface area contributed by atoms with Gasteiger partial charge in [0.15, 0.2) is 17.4 Å². The van der Waals surface area contributed by atoms with Gasteiger partial charge in [0.2, 0.25) is 0 Å². The zero-order valence-corrected chi connectivity index (χ0v) is 7.12. The Balaban J connectivity index is 3.50. The van der Waals surface area contributed by atoms with Crippen molar-refractivity contribution in [3.05, 3.63) is 34.6 Å². The summed E-state index contributed by atoms with van der Waals surface area (Å²) in [6.07, 6.45) is 0. The molecular weight excluding hydrogens is 181 g/mol. The molecule has 0 aromatic heterocycles. The monoisotopic (exact) mass is 188 g/mol. The average Bonchev–Trinajstić information content (AvgIpc) is 2.07. The molecule has 0 atom stereocenters. The van der Waals surface area contributed by atoms with Crippen LogP contribution in [0.4, 0.5) is 13.2 Å². The van der Waals surface area contributed by atoms with Gasteiger partial charge in [-0.3, -0.25) is 4.79 Å². The average molecular weight is 188 g/mol. The van der Waals surface area contributed by atoms with Gasteiger partial charge < -0.3 is 0 Å². The molecule has 0 fully saturated rings. The van der Waals surface area contributed by atoms with Crippen LogP contribution in [0.1, 0.15) is 22.8 Å². The molecule has 1 aromatic carbocycles. The van der Waals surface area contributed by atoms with Crippen LogP contribution in [-0.4, -0.2) is 5.78 Å². The Kier molecular flexibility index (Phi) is 2.40. The fourth-order valence-corrected chi connectivity index (χ4v) is 0.942. The van der Waals surface area contributed by atoms with Gasteiger partial charge in [-0.15, -0.1) is 0 Å². The van der Waals surface area contributed by atoms with Crippen LogP contribution in [0, 0.1) is 24.4 Å². The lowest BCUT2D eigenvalue weighted by atomic mass is 10.1. The zero-order chi connectivity index (χ0) is 10.2. The number of benzene rings is 1. The Bertz CT molecular complexity index is 372. The van der Waals surface area contributed by atoms with E-state index in [4.69, 9.17) is 0 Å². The molecule has 0 aliphatic heterocycles. The van der Waals surface area contributed by atoms with E-state index < -0.39 is 34.4 Å². The molecule has 0 radical (unpaired) electrons. The lowest BCUT2D eigenvalue weighted by Gasteiger charge is -2.03. The van der Waals surface area contributed by atoms with Crippen LogP contribution in [0.25, 0.3) is 0 Å². The van der Waals surface area contributed by atoms with Crippen molar-refractivity contribution in [2.75, 3.05) is 0 Å². The van der Waals surface area contributed by atoms with Gasteiger partial charge in [0.1, 0.15) is 5.82 Å². The highest BCUT2D eigenvalue weighted by molar-refractivity contribution is 5.94. The smallest absolute Gasteiger partial charge is 0.170 e. The summed E-state index contributed by atoms with van der Waals surface area (Å²) in [6, 6.07) is 0.704. The van der Waals surface area contributed by atoms with E-state index in [0.29, 0.717) is 6.07 Å². The van der Waals surface area contributed by atoms with Crippen LogP contribution in [0.5, 0.6) is 0 Å². The number of hydrogen-bond acceptors (Lipinski definition) is 1. The fourth-order valence-electron chi connectivity index (χ4n) is 0.942. The predicted molar refractivity (Wildman–Crippen MR) is 41.1 cm³/mol. The molecular formula is C9H7F3O. The Morgan fingerprint density at radius 2 is 1.77 bits per heavy atom. The highest BCUT2D eigenvalue weighted by atomic mass is 19.2. The Labute approximate surface area is 73.2 Å². The van der Waals surface area contributed by atoms with Crippen LogP contribution in [0.2, 0.25) is 0 Å². The van der Waals surface area contributed by atoms with Crippen molar-refractivity contribution in [2.45, 2.75) is 13.8 Å². The number of Topliss-reactive ketones (excluding diaryl/α,β-unsaturated/α-hetero) is 1. The van der Waals surface area contributed by atoms with Gasteiger partial charge in [0.25, 0.3) is 0 Å². The van der Waals surface area contributed by atoms with Crippen LogP contribution < -0.4 is 0 Å². The third-order valence-corrected chi connectivity index (χ3v) is 1.77. The second kappa shape index (κ2) is 3.20. The second-order valence-electron chi connectivity index (χ2n) is 2.72. The highest BCUT2D eigenvalue weighted by Gasteiger charge is 2.17. The lowest BCUT2D eigenvalue weighted by Crippen LogP contribution is -2.04. The number of hydrogen-bond donors (Lipinski definition) is 0. The van der Waals surface area contributed by atoms with Gasteiger partial charge in [-0.1, -0.05) is 0 Å². The van der Waals surface area contributed by atoms with Crippen LogP contribution in [0.3, 0.4) is 0 Å². The number of carbonyl (C=O) groups is 1. The molecule has 0 bridgehead atoms. The zero-order valence-electron chi connectivity index (χ0n) is 7.12. The van der Waals surface area contributed by atoms with Crippen molar-refractivity contribution in [1.29, 1.82) is 0 Å². The summed E-state index contributed by atoms with van der Waals surface area (Å²) in [6.45, 7) is 2.16. The molecule has 70 valence electrons. The maximum absolute atomic E-state index is 12.9. The molecule has 1 nitrogen and oxygen atoms in total. The lowest BCUT2D eigenvalue weighted by molar-refractivity contribution is 0.101. The molecule has 0 heterocycles. The molecule has 4 heteroatoms. The third-order valence-electron chi connectivity index (χ3n) is 1.77. The first kappa shape index (κ1) is 9.77. The van der Waals surface area contributed by atoms with Crippen LogP contribution in [-0.2, 0) is 0 Å². The standard InChI is InChI=1S/C9H7F3O/c1-4-7(10)3-6(5(2)13)9(12)8(4)11/h3H,1-2H3. The maximum atomic E-state index is 12.9. The molecule has 13 heavy (non-hydrogen) atoms. The molecule has 0 unspecified atom stereocenters. The van der Waals surface area contributed by atoms with Crippen molar-refractivity contribution < 1.29 is 18.0 Å². The topological polar surface area (TPSA) is 17.1 Å². The number of ketones is 1. The van der Waals surface area contributed by atoms with E-state index in [1.807, 2.05) is 0 Å². The molecule has 1 rings (SSSR count). The van der Waals surface area contributed by atoms with Gasteiger partial charge in [-0.05, 0) is 19.9 Å². The molecule has 0 aliphatic carbocycles. The SMILES string of the molecule is CC(=O)c1cc(F)c(C)c(F)c1F. The van der Waals surface area contributed by atoms with E-state index in [2.05, 4.69) is 0 Å². The van der Waals surface area contributed by atoms with E-state index in [9.17, 15) is 18.0 Å². The van der Waals surface area contributed by atoms with E-state index in [0.717, 1.165) is 13.8 Å². The molecule has 0 aliphatic rings. The van der Waals surface area contributed by atoms with Gasteiger partial charge in [0.05, 0.1) is 5.56 Å². The van der Waals surface area contributed by atoms with Crippen LogP contribution in [0.15, 0.2) is 6.07 Å². The van der Waals surface area contributed by atoms with Crippen molar-refractivity contribution in [3.63, 3.8) is 0 Å². The van der Waals surface area contributed by atoms with Crippen molar-refractivity contribution >= 4 is 5.78 Å². The number of halogens is 3. The Morgan fingerprint density at radius 3 is 2.23 bits per heavy atom. The molecule has 0 amide bonds. The summed E-state index contributed by atoms with van der Waals surface area (Å²) in [5, 5.41) is 0. The highest BCUT2D eigenvalue weighted by Crippen LogP contribution is 2.19. The third kappa shape index (κ3) is 1.56. The van der Waals surface area contributed by atoms with Crippen molar-refractivity contribution in [1.82, 2.24) is 0 Å². The van der Waals surface area contributed by atoms with Crippen LogP contribution >= 0.6 is 0 Å². The molecule has 0 saturated carbocycles. The van der Waals surface area contributed by atoms with Gasteiger partial charge >= 0.3 is 0 Å². The quantitative estimate of drug-likeness (QED) is 0.489. The first-order valence-electron chi connectivity index (χ1n) is 3.60. The van der Waals surface area contributed by atoms with Crippen molar-refractivity contribution in [2.24, 2.45) is 0 Å². The Hall–Kier alpha value is -1.32. The number of carbonyl (C=O) groups excluding carboxylic acids is 1. The predicted octanol–water partition coefficient (Wildman–Crippen LogP) is 2.61. The van der Waals surface area contributed by atoms with E-state index in [-0.39, 0.29) is 0 Å². The molecule has 0 spiro atoms. The molecule has 0 saturated heterocycles. The van der Waals surface area contributed by atoms with Gasteiger partial charge in [-0.2, -0.15) is 0 Å². The van der Waals surface area contributed by atoms with Crippen molar-refractivity contribution in [3.8, 4) is 0 Å². The second-order valence-corrected chi connectivity index (χ2v) is 2.72. The summed E-state index contributed by atoms with van der Waals surface area (Å²) in [4.78, 5) is 10.7. The van der Waals surface area contributed by atoms with E-state index in [1.54, 1.807) is 0 Å². The normalized spacial score (nSPS) is 10.2. The fraction of sp³-hybridized carbons (Fsp3) is 0.222. The number of rotatable bonds is 1. The van der Waals surface area contributed by atoms with Gasteiger partial charge in [-0.25, -0.2) is 13.2 Å². The van der Waals surface area contributed by atoms with E-state index >= 15 is 0 Å². The van der Waals surface area contributed by atoms with E-state index in [1.165, 1.54) is 0 Å². The molecule has 1 aromatic rings. The minimum absolute atomic E-state index is 0.414. The maximum Gasteiger partial charge on any atom is 0.170 e. The summed E-state index contributed by atoms with van der Waals surface area (Å²) in [7, 11) is 0. The molecule has 0 N–H and O–H groups in total. The summed E-state index contributed by atoms with van der Waals surface area (Å²) < 4.78 is 38.6. The summed E-state index contributed by atoms with van der Waals surface area (Å²) in [5.74, 6) is -4.20. The largest absolute Gasteiger partial charge is 0.294 e. The summed E-state index contributed by atoms with van der Waals surface area (Å²) in [5.41, 5.74) is -0.969. The summed E-state index contributed by atoms with van der Waals surface area (Å²) >= 11 is 0. The minimum Gasteiger partial charge on any atom is -0.294 e.